The Bertz CT molecular complexity index is 368. The first kappa shape index (κ1) is 14.1. The number of nitrogens with two attached hydrogens (primary N) is 1. The van der Waals surface area contributed by atoms with Gasteiger partial charge in [-0.2, -0.15) is 11.8 Å². The van der Waals surface area contributed by atoms with Crippen LogP contribution in [0.1, 0.15) is 18.9 Å². The molecule has 0 aliphatic heterocycles. The molecule has 17 heavy (non-hydrogen) atoms. The number of thioether (sulfide) groups is 1. The molecule has 0 heterocycles. The van der Waals surface area contributed by atoms with E-state index in [0.717, 1.165) is 29.2 Å². The second kappa shape index (κ2) is 7.35. The smallest absolute Gasteiger partial charge is 0.241 e. The van der Waals surface area contributed by atoms with Gasteiger partial charge in [-0.1, -0.05) is 25.1 Å². The van der Waals surface area contributed by atoms with E-state index in [-0.39, 0.29) is 5.91 Å². The van der Waals surface area contributed by atoms with Crippen LogP contribution in [0, 0.1) is 6.92 Å². The van der Waals surface area contributed by atoms with Crippen molar-refractivity contribution in [2.45, 2.75) is 26.3 Å². The Morgan fingerprint density at radius 3 is 2.82 bits per heavy atom. The van der Waals surface area contributed by atoms with E-state index >= 15 is 0 Å². The number of para-hydroxylation sites is 1. The molecule has 0 fully saturated rings. The summed E-state index contributed by atoms with van der Waals surface area (Å²) in [6, 6.07) is 7.28. The Labute approximate surface area is 107 Å². The molecule has 3 nitrogen and oxygen atoms in total. The number of carbonyl (C=O) groups is 1. The van der Waals surface area contributed by atoms with Crippen LogP contribution in [0.3, 0.4) is 0 Å². The summed E-state index contributed by atoms with van der Waals surface area (Å²) in [6.45, 7) is 4.07. The van der Waals surface area contributed by atoms with Crippen molar-refractivity contribution in [1.29, 1.82) is 0 Å². The SMILES string of the molecule is CCSCC[C@H](N)C(=O)Nc1ccccc1C. The van der Waals surface area contributed by atoms with E-state index in [2.05, 4.69) is 12.2 Å². The minimum Gasteiger partial charge on any atom is -0.324 e. The lowest BCUT2D eigenvalue weighted by atomic mass is 10.1. The van der Waals surface area contributed by atoms with Crippen LogP contribution in [0.15, 0.2) is 24.3 Å². The highest BCUT2D eigenvalue weighted by atomic mass is 32.2. The maximum Gasteiger partial charge on any atom is 0.241 e. The molecule has 1 amide bonds. The van der Waals surface area contributed by atoms with Crippen LogP contribution in [-0.4, -0.2) is 23.5 Å². The van der Waals surface area contributed by atoms with Crippen molar-refractivity contribution in [2.24, 2.45) is 5.73 Å². The number of nitrogens with one attached hydrogen (secondary N) is 1. The van der Waals surface area contributed by atoms with Crippen LogP contribution >= 0.6 is 11.8 Å². The Morgan fingerprint density at radius 1 is 1.47 bits per heavy atom. The van der Waals surface area contributed by atoms with Gasteiger partial charge in [-0.05, 0) is 36.5 Å². The zero-order valence-corrected chi connectivity index (χ0v) is 11.2. The number of rotatable bonds is 6. The third-order valence-corrected chi connectivity index (χ3v) is 3.45. The van der Waals surface area contributed by atoms with Crippen LogP contribution in [0.4, 0.5) is 5.69 Å². The van der Waals surface area contributed by atoms with Crippen molar-refractivity contribution >= 4 is 23.4 Å². The fraction of sp³-hybridized carbons (Fsp3) is 0.462. The van der Waals surface area contributed by atoms with E-state index < -0.39 is 6.04 Å². The second-order valence-electron chi connectivity index (χ2n) is 3.90. The predicted octanol–water partition coefficient (Wildman–Crippen LogP) is 2.40. The van der Waals surface area contributed by atoms with Gasteiger partial charge in [0.2, 0.25) is 5.91 Å². The summed E-state index contributed by atoms with van der Waals surface area (Å²) in [5.41, 5.74) is 7.73. The molecule has 0 spiro atoms. The summed E-state index contributed by atoms with van der Waals surface area (Å²) in [7, 11) is 0. The summed E-state index contributed by atoms with van der Waals surface area (Å²) in [5, 5.41) is 2.86. The molecule has 0 aliphatic rings. The molecule has 0 bridgehead atoms. The highest BCUT2D eigenvalue weighted by molar-refractivity contribution is 7.99. The minimum absolute atomic E-state index is 0.101. The summed E-state index contributed by atoms with van der Waals surface area (Å²) in [5.74, 6) is 1.89. The molecule has 0 radical (unpaired) electrons. The highest BCUT2D eigenvalue weighted by Gasteiger charge is 2.13. The molecule has 0 aromatic heterocycles. The van der Waals surface area contributed by atoms with E-state index in [9.17, 15) is 4.79 Å². The van der Waals surface area contributed by atoms with Gasteiger partial charge >= 0.3 is 0 Å². The largest absolute Gasteiger partial charge is 0.324 e. The van der Waals surface area contributed by atoms with Gasteiger partial charge in [-0.3, -0.25) is 4.79 Å². The number of hydrogen-bond acceptors (Lipinski definition) is 3. The average Bonchev–Trinajstić information content (AvgIpc) is 2.32. The molecular weight excluding hydrogens is 232 g/mol. The van der Waals surface area contributed by atoms with E-state index in [0.29, 0.717) is 0 Å². The lowest BCUT2D eigenvalue weighted by Gasteiger charge is -2.13. The Kier molecular flexibility index (Phi) is 6.08. The van der Waals surface area contributed by atoms with Gasteiger partial charge in [0.1, 0.15) is 0 Å². The van der Waals surface area contributed by atoms with Gasteiger partial charge in [0.05, 0.1) is 6.04 Å². The van der Waals surface area contributed by atoms with Gasteiger partial charge in [-0.25, -0.2) is 0 Å². The van der Waals surface area contributed by atoms with Crippen molar-refractivity contribution in [2.75, 3.05) is 16.8 Å². The molecule has 3 N–H and O–H groups in total. The highest BCUT2D eigenvalue weighted by Crippen LogP contribution is 2.13. The number of aryl methyl sites for hydroxylation is 1. The summed E-state index contributed by atoms with van der Waals surface area (Å²) < 4.78 is 0. The van der Waals surface area contributed by atoms with Crippen molar-refractivity contribution in [3.63, 3.8) is 0 Å². The van der Waals surface area contributed by atoms with Crippen molar-refractivity contribution in [3.05, 3.63) is 29.8 Å². The summed E-state index contributed by atoms with van der Waals surface area (Å²) >= 11 is 1.80. The van der Waals surface area contributed by atoms with E-state index in [4.69, 9.17) is 5.73 Å². The number of anilines is 1. The molecule has 1 atom stereocenters. The predicted molar refractivity (Wildman–Crippen MR) is 75.4 cm³/mol. The molecule has 0 saturated heterocycles. The Hall–Kier alpha value is -1.00. The molecule has 1 aromatic carbocycles. The third-order valence-electron chi connectivity index (χ3n) is 2.52. The van der Waals surface area contributed by atoms with Gasteiger partial charge in [-0.15, -0.1) is 0 Å². The van der Waals surface area contributed by atoms with Crippen molar-refractivity contribution in [1.82, 2.24) is 0 Å². The van der Waals surface area contributed by atoms with Crippen LogP contribution in [0.2, 0.25) is 0 Å². The topological polar surface area (TPSA) is 55.1 Å². The van der Waals surface area contributed by atoms with Crippen molar-refractivity contribution in [3.8, 4) is 0 Å². The minimum atomic E-state index is -0.423. The molecule has 0 aliphatic carbocycles. The van der Waals surface area contributed by atoms with E-state index in [1.54, 1.807) is 11.8 Å². The van der Waals surface area contributed by atoms with Gasteiger partial charge in [0, 0.05) is 5.69 Å². The molecule has 0 saturated carbocycles. The maximum atomic E-state index is 11.8. The Balaban J connectivity index is 2.46. The van der Waals surface area contributed by atoms with E-state index in [1.807, 2.05) is 31.2 Å². The molecule has 1 aromatic rings. The number of benzene rings is 1. The quantitative estimate of drug-likeness (QED) is 0.764. The van der Waals surface area contributed by atoms with Crippen LogP contribution in [-0.2, 0) is 4.79 Å². The number of amides is 1. The number of hydrogen-bond donors (Lipinski definition) is 2. The molecule has 94 valence electrons. The zero-order valence-electron chi connectivity index (χ0n) is 10.4. The fourth-order valence-corrected chi connectivity index (χ4v) is 2.13. The summed E-state index contributed by atoms with van der Waals surface area (Å²) in [6.07, 6.45) is 0.718. The third kappa shape index (κ3) is 4.79. The van der Waals surface area contributed by atoms with E-state index in [1.165, 1.54) is 0 Å². The zero-order chi connectivity index (χ0) is 12.7. The molecule has 4 heteroatoms. The van der Waals surface area contributed by atoms with Crippen LogP contribution in [0.25, 0.3) is 0 Å². The Morgan fingerprint density at radius 2 is 2.18 bits per heavy atom. The first-order chi connectivity index (χ1) is 8.15. The summed E-state index contributed by atoms with van der Waals surface area (Å²) in [4.78, 5) is 11.8. The first-order valence-electron chi connectivity index (χ1n) is 5.85. The lowest BCUT2D eigenvalue weighted by Crippen LogP contribution is -2.36. The molecule has 1 rings (SSSR count). The monoisotopic (exact) mass is 252 g/mol. The number of carbonyl (C=O) groups excluding carboxylic acids is 1. The van der Waals surface area contributed by atoms with Crippen molar-refractivity contribution < 1.29 is 4.79 Å². The van der Waals surface area contributed by atoms with Gasteiger partial charge < -0.3 is 11.1 Å². The van der Waals surface area contributed by atoms with Gasteiger partial charge in [0.15, 0.2) is 0 Å². The van der Waals surface area contributed by atoms with Gasteiger partial charge in [0.25, 0.3) is 0 Å². The lowest BCUT2D eigenvalue weighted by molar-refractivity contribution is -0.117. The standard InChI is InChI=1S/C13H20N2OS/c1-3-17-9-8-11(14)13(16)15-12-7-5-4-6-10(12)2/h4-7,11H,3,8-9,14H2,1-2H3,(H,15,16)/t11-/m0/s1. The molecular formula is C13H20N2OS. The van der Waals surface area contributed by atoms with Crippen LogP contribution in [0.5, 0.6) is 0 Å². The normalized spacial score (nSPS) is 12.2. The first-order valence-corrected chi connectivity index (χ1v) is 7.00. The second-order valence-corrected chi connectivity index (χ2v) is 5.29. The average molecular weight is 252 g/mol. The van der Waals surface area contributed by atoms with Crippen LogP contribution < -0.4 is 11.1 Å². The maximum absolute atomic E-state index is 11.8. The fourth-order valence-electron chi connectivity index (χ4n) is 1.42. The molecule has 0 unspecified atom stereocenters.